The number of carbonyl (C=O) groups is 1. The second-order valence-corrected chi connectivity index (χ2v) is 6.49. The first kappa shape index (κ1) is 16.5. The van der Waals surface area contributed by atoms with Crippen molar-refractivity contribution in [2.24, 2.45) is 5.92 Å². The molecule has 1 aliphatic heterocycles. The average molecular weight is 294 g/mol. The average Bonchev–Trinajstić information content (AvgIpc) is 2.55. The predicted octanol–water partition coefficient (Wildman–Crippen LogP) is 2.09. The van der Waals surface area contributed by atoms with E-state index in [2.05, 4.69) is 16.3 Å². The minimum absolute atomic E-state index is 0.0509. The van der Waals surface area contributed by atoms with Crippen molar-refractivity contribution in [3.63, 3.8) is 0 Å². The van der Waals surface area contributed by atoms with Crippen LogP contribution in [0.2, 0.25) is 0 Å². The lowest BCUT2D eigenvalue weighted by Gasteiger charge is -2.34. The van der Waals surface area contributed by atoms with Crippen molar-refractivity contribution in [1.82, 2.24) is 10.2 Å². The van der Waals surface area contributed by atoms with Gasteiger partial charge < -0.3 is 10.4 Å². The number of amides is 1. The van der Waals surface area contributed by atoms with Gasteiger partial charge in [-0.15, -0.1) is 0 Å². The van der Waals surface area contributed by atoms with Crippen LogP contribution in [0, 0.1) is 5.92 Å². The molecule has 0 bridgehead atoms. The summed E-state index contributed by atoms with van der Waals surface area (Å²) < 4.78 is 0. The van der Waals surface area contributed by atoms with Gasteiger partial charge in [0.25, 0.3) is 0 Å². The number of likely N-dealkylation sites (tertiary alicyclic amines) is 1. The Labute approximate surface area is 128 Å². The van der Waals surface area contributed by atoms with Crippen LogP contribution in [0.15, 0.2) is 11.6 Å². The minimum atomic E-state index is -0.0509. The van der Waals surface area contributed by atoms with E-state index in [1.165, 1.54) is 31.3 Å². The molecule has 0 saturated carbocycles. The third kappa shape index (κ3) is 5.11. The van der Waals surface area contributed by atoms with Gasteiger partial charge in [-0.3, -0.25) is 9.69 Å². The van der Waals surface area contributed by atoms with Crippen LogP contribution in [0.5, 0.6) is 0 Å². The molecule has 0 spiro atoms. The third-order valence-electron chi connectivity index (χ3n) is 4.96. The number of hydrogen-bond donors (Lipinski definition) is 2. The lowest BCUT2D eigenvalue weighted by atomic mass is 9.96. The molecule has 1 unspecified atom stereocenters. The van der Waals surface area contributed by atoms with E-state index in [1.807, 2.05) is 6.92 Å². The smallest absolute Gasteiger partial charge is 0.237 e. The van der Waals surface area contributed by atoms with Crippen LogP contribution in [0.25, 0.3) is 0 Å². The number of carbonyl (C=O) groups excluding carboxylic acids is 1. The van der Waals surface area contributed by atoms with Gasteiger partial charge in [-0.2, -0.15) is 0 Å². The summed E-state index contributed by atoms with van der Waals surface area (Å²) in [5, 5.41) is 12.2. The second kappa shape index (κ2) is 8.54. The van der Waals surface area contributed by atoms with Crippen molar-refractivity contribution in [2.45, 2.75) is 57.9 Å². The maximum absolute atomic E-state index is 12.2. The van der Waals surface area contributed by atoms with Gasteiger partial charge in [0.2, 0.25) is 5.91 Å². The number of piperidine rings is 1. The first-order valence-electron chi connectivity index (χ1n) is 8.51. The Morgan fingerprint density at radius 3 is 2.81 bits per heavy atom. The van der Waals surface area contributed by atoms with Crippen LogP contribution in [-0.4, -0.2) is 48.2 Å². The Hall–Kier alpha value is -0.870. The second-order valence-electron chi connectivity index (χ2n) is 6.49. The first-order chi connectivity index (χ1) is 10.2. The van der Waals surface area contributed by atoms with Crippen molar-refractivity contribution in [1.29, 1.82) is 0 Å². The van der Waals surface area contributed by atoms with Crippen molar-refractivity contribution in [3.8, 4) is 0 Å². The molecule has 120 valence electrons. The zero-order valence-corrected chi connectivity index (χ0v) is 13.3. The van der Waals surface area contributed by atoms with Crippen molar-refractivity contribution < 1.29 is 9.90 Å². The summed E-state index contributed by atoms with van der Waals surface area (Å²) in [5.74, 6) is 0.573. The molecular formula is C17H30N2O2. The molecule has 0 radical (unpaired) electrons. The molecule has 1 atom stereocenters. The van der Waals surface area contributed by atoms with Crippen molar-refractivity contribution in [3.05, 3.63) is 11.6 Å². The maximum atomic E-state index is 12.2. The van der Waals surface area contributed by atoms with Gasteiger partial charge in [0.15, 0.2) is 0 Å². The normalized spacial score (nSPS) is 22.7. The molecule has 1 amide bonds. The van der Waals surface area contributed by atoms with E-state index in [0.29, 0.717) is 5.92 Å². The highest BCUT2D eigenvalue weighted by atomic mass is 16.3. The Morgan fingerprint density at radius 1 is 1.43 bits per heavy atom. The molecule has 1 aliphatic carbocycles. The number of allylic oxidation sites excluding steroid dienone is 1. The molecule has 1 heterocycles. The zero-order valence-electron chi connectivity index (χ0n) is 13.3. The molecule has 0 aromatic carbocycles. The van der Waals surface area contributed by atoms with Gasteiger partial charge in [0, 0.05) is 13.2 Å². The maximum Gasteiger partial charge on any atom is 0.237 e. The van der Waals surface area contributed by atoms with E-state index in [-0.39, 0.29) is 18.6 Å². The fourth-order valence-corrected chi connectivity index (χ4v) is 3.31. The Balaban J connectivity index is 1.66. The van der Waals surface area contributed by atoms with Crippen LogP contribution in [0.1, 0.15) is 51.9 Å². The Morgan fingerprint density at radius 2 is 2.19 bits per heavy atom. The van der Waals surface area contributed by atoms with Gasteiger partial charge >= 0.3 is 0 Å². The molecule has 21 heavy (non-hydrogen) atoms. The predicted molar refractivity (Wildman–Crippen MR) is 85.0 cm³/mol. The fraction of sp³-hybridized carbons (Fsp3) is 0.824. The molecule has 2 N–H and O–H groups in total. The van der Waals surface area contributed by atoms with Gasteiger partial charge in [-0.05, 0) is 70.9 Å². The van der Waals surface area contributed by atoms with E-state index < -0.39 is 0 Å². The van der Waals surface area contributed by atoms with Gasteiger partial charge in [-0.1, -0.05) is 11.6 Å². The number of rotatable bonds is 6. The van der Waals surface area contributed by atoms with Crippen LogP contribution in [0.3, 0.4) is 0 Å². The molecule has 1 saturated heterocycles. The summed E-state index contributed by atoms with van der Waals surface area (Å²) in [6.07, 6.45) is 10.4. The van der Waals surface area contributed by atoms with E-state index in [0.717, 1.165) is 38.9 Å². The van der Waals surface area contributed by atoms with E-state index >= 15 is 0 Å². The summed E-state index contributed by atoms with van der Waals surface area (Å²) in [6, 6.07) is -0.0509. The fourth-order valence-electron chi connectivity index (χ4n) is 3.31. The number of aliphatic hydroxyl groups is 1. The van der Waals surface area contributed by atoms with Gasteiger partial charge in [0.1, 0.15) is 0 Å². The molecular weight excluding hydrogens is 264 g/mol. The SMILES string of the molecule is CC(C(=O)NCCC1=CCCCC1)N1CCC(CO)CC1. The number of nitrogens with zero attached hydrogens (tertiary/aromatic N) is 1. The molecule has 0 aromatic rings. The number of nitrogens with one attached hydrogen (secondary N) is 1. The van der Waals surface area contributed by atoms with Crippen molar-refractivity contribution in [2.75, 3.05) is 26.2 Å². The molecule has 0 aromatic heterocycles. The highest BCUT2D eigenvalue weighted by Gasteiger charge is 2.25. The molecule has 1 fully saturated rings. The highest BCUT2D eigenvalue weighted by molar-refractivity contribution is 5.81. The minimum Gasteiger partial charge on any atom is -0.396 e. The zero-order chi connectivity index (χ0) is 15.1. The molecule has 4 nitrogen and oxygen atoms in total. The highest BCUT2D eigenvalue weighted by Crippen LogP contribution is 2.20. The van der Waals surface area contributed by atoms with Crippen LogP contribution >= 0.6 is 0 Å². The summed E-state index contributed by atoms with van der Waals surface area (Å²) in [5.41, 5.74) is 1.51. The molecule has 2 aliphatic rings. The number of hydrogen-bond acceptors (Lipinski definition) is 3. The Bertz CT molecular complexity index is 360. The summed E-state index contributed by atoms with van der Waals surface area (Å²) in [6.45, 7) is 4.88. The quantitative estimate of drug-likeness (QED) is 0.738. The van der Waals surface area contributed by atoms with Crippen LogP contribution < -0.4 is 5.32 Å². The monoisotopic (exact) mass is 294 g/mol. The molecule has 4 heteroatoms. The lowest BCUT2D eigenvalue weighted by Crippen LogP contribution is -2.48. The van der Waals surface area contributed by atoms with Crippen molar-refractivity contribution >= 4 is 5.91 Å². The standard InChI is InChI=1S/C17H30N2O2/c1-14(19-11-8-16(13-20)9-12-19)17(21)18-10-7-15-5-3-2-4-6-15/h5,14,16,20H,2-4,6-13H2,1H3,(H,18,21). The van der Waals surface area contributed by atoms with Crippen LogP contribution in [-0.2, 0) is 4.79 Å². The Kier molecular flexibility index (Phi) is 6.71. The topological polar surface area (TPSA) is 52.6 Å². The van der Waals surface area contributed by atoms with Crippen LogP contribution in [0.4, 0.5) is 0 Å². The van der Waals surface area contributed by atoms with Gasteiger partial charge in [0.05, 0.1) is 6.04 Å². The van der Waals surface area contributed by atoms with E-state index in [9.17, 15) is 4.79 Å². The summed E-state index contributed by atoms with van der Waals surface area (Å²) >= 11 is 0. The largest absolute Gasteiger partial charge is 0.396 e. The summed E-state index contributed by atoms with van der Waals surface area (Å²) in [7, 11) is 0. The van der Waals surface area contributed by atoms with E-state index in [4.69, 9.17) is 5.11 Å². The first-order valence-corrected chi connectivity index (χ1v) is 8.51. The van der Waals surface area contributed by atoms with E-state index in [1.54, 1.807) is 0 Å². The lowest BCUT2D eigenvalue weighted by molar-refractivity contribution is -0.126. The summed E-state index contributed by atoms with van der Waals surface area (Å²) in [4.78, 5) is 14.5. The number of aliphatic hydroxyl groups excluding tert-OH is 1. The molecule has 2 rings (SSSR count). The third-order valence-corrected chi connectivity index (χ3v) is 4.96. The van der Waals surface area contributed by atoms with Gasteiger partial charge in [-0.25, -0.2) is 0 Å².